The molecule has 0 aliphatic carbocycles. The molecule has 2 rings (SSSR count). The predicted octanol–water partition coefficient (Wildman–Crippen LogP) is 4.86. The number of ether oxygens (including phenoxy) is 3. The molecule has 0 amide bonds. The summed E-state index contributed by atoms with van der Waals surface area (Å²) in [7, 11) is 0. The molecule has 6 heteroatoms. The van der Waals surface area contributed by atoms with Gasteiger partial charge in [-0.05, 0) is 55.3 Å². The lowest BCUT2D eigenvalue weighted by atomic mass is 10.2. The fourth-order valence-electron chi connectivity index (χ4n) is 1.96. The maximum atomic E-state index is 11.8. The SMILES string of the molecule is CC(Oc1ccc(COc2ccc(Cl)cc2)cc1)C(=O)OCCCCl. The monoisotopic (exact) mass is 382 g/mol. The first kappa shape index (κ1) is 19.4. The summed E-state index contributed by atoms with van der Waals surface area (Å²) in [6.45, 7) is 2.38. The molecule has 0 aliphatic heterocycles. The summed E-state index contributed by atoms with van der Waals surface area (Å²) in [6.07, 6.45) is -0.0472. The Balaban J connectivity index is 1.80. The lowest BCUT2D eigenvalue weighted by molar-refractivity contribution is -0.151. The van der Waals surface area contributed by atoms with Gasteiger partial charge in [-0.3, -0.25) is 0 Å². The molecule has 2 aromatic rings. The van der Waals surface area contributed by atoms with Crippen LogP contribution in [0.25, 0.3) is 0 Å². The number of hydrogen-bond acceptors (Lipinski definition) is 4. The maximum absolute atomic E-state index is 11.8. The van der Waals surface area contributed by atoms with Gasteiger partial charge in [0.25, 0.3) is 0 Å². The van der Waals surface area contributed by atoms with Crippen molar-refractivity contribution in [2.75, 3.05) is 12.5 Å². The molecule has 0 bridgehead atoms. The summed E-state index contributed by atoms with van der Waals surface area (Å²) in [5.41, 5.74) is 0.986. The van der Waals surface area contributed by atoms with Crippen LogP contribution in [-0.4, -0.2) is 24.6 Å². The second-order valence-corrected chi connectivity index (χ2v) is 6.17. The van der Waals surface area contributed by atoms with Crippen molar-refractivity contribution >= 4 is 29.2 Å². The van der Waals surface area contributed by atoms with Crippen molar-refractivity contribution in [3.05, 3.63) is 59.1 Å². The van der Waals surface area contributed by atoms with Crippen molar-refractivity contribution in [2.45, 2.75) is 26.1 Å². The second-order valence-electron chi connectivity index (χ2n) is 5.36. The molecular weight excluding hydrogens is 363 g/mol. The highest BCUT2D eigenvalue weighted by Gasteiger charge is 2.16. The Hall–Kier alpha value is -1.91. The normalized spacial score (nSPS) is 11.6. The first-order valence-electron chi connectivity index (χ1n) is 7.95. The highest BCUT2D eigenvalue weighted by molar-refractivity contribution is 6.30. The van der Waals surface area contributed by atoms with Gasteiger partial charge in [0.05, 0.1) is 6.61 Å². The van der Waals surface area contributed by atoms with Gasteiger partial charge in [-0.25, -0.2) is 4.79 Å². The molecule has 0 heterocycles. The Bertz CT molecular complexity index is 656. The quantitative estimate of drug-likeness (QED) is 0.353. The van der Waals surface area contributed by atoms with Crippen LogP contribution >= 0.6 is 23.2 Å². The van der Waals surface area contributed by atoms with Crippen molar-refractivity contribution in [1.82, 2.24) is 0 Å². The van der Waals surface area contributed by atoms with Crippen LogP contribution in [0.1, 0.15) is 18.9 Å². The fourth-order valence-corrected chi connectivity index (χ4v) is 2.19. The highest BCUT2D eigenvalue weighted by Crippen LogP contribution is 2.19. The zero-order chi connectivity index (χ0) is 18.1. The van der Waals surface area contributed by atoms with Gasteiger partial charge in [0.1, 0.15) is 18.1 Å². The third kappa shape index (κ3) is 6.85. The number of benzene rings is 2. The van der Waals surface area contributed by atoms with Crippen LogP contribution in [0.4, 0.5) is 0 Å². The number of esters is 1. The Morgan fingerprint density at radius 2 is 1.68 bits per heavy atom. The van der Waals surface area contributed by atoms with E-state index in [2.05, 4.69) is 0 Å². The highest BCUT2D eigenvalue weighted by atomic mass is 35.5. The van der Waals surface area contributed by atoms with E-state index in [4.69, 9.17) is 37.4 Å². The minimum atomic E-state index is -0.675. The first-order valence-corrected chi connectivity index (χ1v) is 8.86. The van der Waals surface area contributed by atoms with Crippen LogP contribution in [0, 0.1) is 0 Å². The molecule has 25 heavy (non-hydrogen) atoms. The zero-order valence-corrected chi connectivity index (χ0v) is 15.4. The Labute approximate surface area is 157 Å². The summed E-state index contributed by atoms with van der Waals surface area (Å²) >= 11 is 11.4. The summed E-state index contributed by atoms with van der Waals surface area (Å²) < 4.78 is 16.3. The molecule has 0 saturated heterocycles. The van der Waals surface area contributed by atoms with E-state index >= 15 is 0 Å². The third-order valence-electron chi connectivity index (χ3n) is 3.31. The molecule has 0 fully saturated rings. The lowest BCUT2D eigenvalue weighted by Crippen LogP contribution is -2.26. The molecule has 2 aromatic carbocycles. The van der Waals surface area contributed by atoms with E-state index in [1.807, 2.05) is 24.3 Å². The number of halogens is 2. The van der Waals surface area contributed by atoms with E-state index in [-0.39, 0.29) is 0 Å². The summed E-state index contributed by atoms with van der Waals surface area (Å²) in [6, 6.07) is 14.6. The van der Waals surface area contributed by atoms with Crippen molar-refractivity contribution in [3.63, 3.8) is 0 Å². The van der Waals surface area contributed by atoms with Crippen molar-refractivity contribution < 1.29 is 19.0 Å². The van der Waals surface area contributed by atoms with Crippen LogP contribution in [0.5, 0.6) is 11.5 Å². The molecule has 4 nitrogen and oxygen atoms in total. The van der Waals surface area contributed by atoms with Crippen molar-refractivity contribution in [3.8, 4) is 11.5 Å². The predicted molar refractivity (Wildman–Crippen MR) is 98.6 cm³/mol. The topological polar surface area (TPSA) is 44.8 Å². The van der Waals surface area contributed by atoms with E-state index in [1.165, 1.54) is 0 Å². The molecule has 0 N–H and O–H groups in total. The van der Waals surface area contributed by atoms with E-state index in [9.17, 15) is 4.79 Å². The summed E-state index contributed by atoms with van der Waals surface area (Å²) in [4.78, 5) is 11.8. The number of carbonyl (C=O) groups is 1. The van der Waals surface area contributed by atoms with Gasteiger partial charge in [-0.2, -0.15) is 0 Å². The maximum Gasteiger partial charge on any atom is 0.347 e. The number of alkyl halides is 1. The Kier molecular flexibility index (Phi) is 7.89. The smallest absolute Gasteiger partial charge is 0.347 e. The Morgan fingerprint density at radius 3 is 2.32 bits per heavy atom. The summed E-state index contributed by atoms with van der Waals surface area (Å²) in [5, 5.41) is 0.671. The van der Waals surface area contributed by atoms with Crippen molar-refractivity contribution in [2.24, 2.45) is 0 Å². The van der Waals surface area contributed by atoms with Gasteiger partial charge in [0, 0.05) is 10.9 Å². The molecule has 0 aliphatic rings. The van der Waals surface area contributed by atoms with Gasteiger partial charge in [-0.1, -0.05) is 23.7 Å². The van der Waals surface area contributed by atoms with Gasteiger partial charge in [0.15, 0.2) is 6.10 Å². The fraction of sp³-hybridized carbons (Fsp3) is 0.316. The van der Waals surface area contributed by atoms with E-state index in [1.54, 1.807) is 31.2 Å². The molecule has 1 unspecified atom stereocenters. The number of hydrogen-bond donors (Lipinski definition) is 0. The summed E-state index contributed by atoms with van der Waals surface area (Å²) in [5.74, 6) is 1.40. The van der Waals surface area contributed by atoms with Gasteiger partial charge in [0.2, 0.25) is 0 Å². The molecule has 1 atom stereocenters. The van der Waals surface area contributed by atoms with Crippen molar-refractivity contribution in [1.29, 1.82) is 0 Å². The van der Waals surface area contributed by atoms with Crippen LogP contribution in [0.15, 0.2) is 48.5 Å². The zero-order valence-electron chi connectivity index (χ0n) is 13.9. The molecule has 0 aromatic heterocycles. The molecular formula is C19H20Cl2O4. The van der Waals surface area contributed by atoms with Gasteiger partial charge >= 0.3 is 5.97 Å². The Morgan fingerprint density at radius 1 is 1.04 bits per heavy atom. The minimum absolute atomic E-state index is 0.303. The first-order chi connectivity index (χ1) is 12.1. The molecule has 134 valence electrons. The van der Waals surface area contributed by atoms with E-state index < -0.39 is 12.1 Å². The van der Waals surface area contributed by atoms with Gasteiger partial charge < -0.3 is 14.2 Å². The minimum Gasteiger partial charge on any atom is -0.489 e. The standard InChI is InChI=1S/C19H20Cl2O4/c1-14(19(22)23-12-2-11-20)25-18-7-3-15(4-8-18)13-24-17-9-5-16(21)6-10-17/h3-10,14H,2,11-13H2,1H3. The average Bonchev–Trinajstić information content (AvgIpc) is 2.62. The van der Waals surface area contributed by atoms with E-state index in [0.29, 0.717) is 36.3 Å². The van der Waals surface area contributed by atoms with Crippen LogP contribution in [-0.2, 0) is 16.1 Å². The second kappa shape index (κ2) is 10.2. The van der Waals surface area contributed by atoms with Crippen LogP contribution in [0.3, 0.4) is 0 Å². The average molecular weight is 383 g/mol. The largest absolute Gasteiger partial charge is 0.489 e. The molecule has 0 spiro atoms. The molecule has 0 saturated carbocycles. The van der Waals surface area contributed by atoms with E-state index in [0.717, 1.165) is 11.3 Å². The van der Waals surface area contributed by atoms with Gasteiger partial charge in [-0.15, -0.1) is 11.6 Å². The lowest BCUT2D eigenvalue weighted by Gasteiger charge is -2.14. The number of rotatable bonds is 9. The third-order valence-corrected chi connectivity index (χ3v) is 3.83. The van der Waals surface area contributed by atoms with Crippen LogP contribution in [0.2, 0.25) is 5.02 Å². The number of carbonyl (C=O) groups excluding carboxylic acids is 1. The van der Waals surface area contributed by atoms with Crippen LogP contribution < -0.4 is 9.47 Å². The molecule has 0 radical (unpaired) electrons.